The molecule has 2 N–H and O–H groups in total. The first-order valence-corrected chi connectivity index (χ1v) is 8.75. The molecule has 0 saturated carbocycles. The van der Waals surface area contributed by atoms with Crippen LogP contribution in [0.1, 0.15) is 6.92 Å². The van der Waals surface area contributed by atoms with Crippen molar-refractivity contribution in [3.8, 4) is 34.3 Å². The lowest BCUT2D eigenvalue weighted by Gasteiger charge is -2.04. The van der Waals surface area contributed by atoms with E-state index in [9.17, 15) is 8.42 Å². The molecule has 0 aliphatic rings. The SMILES string of the molecule is CC#Cn1cc(-c2ccccc2)c(-c2ccc(S(N)(=O)=O)cc2)n1. The zero-order valence-corrected chi connectivity index (χ0v) is 13.8. The number of nitrogens with two attached hydrogens (primary N) is 1. The molecule has 0 fully saturated rings. The average Bonchev–Trinajstić information content (AvgIpc) is 2.99. The Morgan fingerprint density at radius 1 is 1.00 bits per heavy atom. The van der Waals surface area contributed by atoms with Crippen LogP contribution in [0, 0.1) is 12.0 Å². The van der Waals surface area contributed by atoms with Crippen LogP contribution in [0.3, 0.4) is 0 Å². The van der Waals surface area contributed by atoms with Gasteiger partial charge in [0, 0.05) is 23.4 Å². The van der Waals surface area contributed by atoms with Gasteiger partial charge in [-0.25, -0.2) is 13.6 Å². The Labute approximate surface area is 140 Å². The van der Waals surface area contributed by atoms with E-state index in [0.29, 0.717) is 0 Å². The van der Waals surface area contributed by atoms with Crippen molar-refractivity contribution in [1.29, 1.82) is 0 Å². The number of sulfonamides is 1. The zero-order valence-electron chi connectivity index (χ0n) is 13.0. The standard InChI is InChI=1S/C18H15N3O2S/c1-2-12-21-13-17(14-6-4-3-5-7-14)18(20-21)15-8-10-16(11-9-15)24(19,22)23/h3-11,13H,1H3,(H2,19,22,23). The highest BCUT2D eigenvalue weighted by Crippen LogP contribution is 2.31. The number of primary sulfonamides is 1. The first-order chi connectivity index (χ1) is 11.5. The molecular weight excluding hydrogens is 322 g/mol. The van der Waals surface area contributed by atoms with Gasteiger partial charge in [-0.1, -0.05) is 48.4 Å². The fraction of sp³-hybridized carbons (Fsp3) is 0.0556. The van der Waals surface area contributed by atoms with E-state index in [1.54, 1.807) is 23.7 Å². The lowest BCUT2D eigenvalue weighted by Crippen LogP contribution is -2.11. The van der Waals surface area contributed by atoms with Crippen molar-refractivity contribution in [2.24, 2.45) is 5.14 Å². The minimum Gasteiger partial charge on any atom is -0.225 e. The summed E-state index contributed by atoms with van der Waals surface area (Å²) in [5.74, 6) is 2.81. The van der Waals surface area contributed by atoms with Crippen LogP contribution in [0.25, 0.3) is 22.4 Å². The largest absolute Gasteiger partial charge is 0.238 e. The Bertz CT molecular complexity index is 1030. The molecule has 120 valence electrons. The van der Waals surface area contributed by atoms with Gasteiger partial charge in [0.05, 0.1) is 4.90 Å². The molecule has 1 aromatic heterocycles. The van der Waals surface area contributed by atoms with E-state index in [1.165, 1.54) is 12.1 Å². The summed E-state index contributed by atoms with van der Waals surface area (Å²) in [7, 11) is -3.72. The topological polar surface area (TPSA) is 78.0 Å². The summed E-state index contributed by atoms with van der Waals surface area (Å²) < 4.78 is 24.4. The van der Waals surface area contributed by atoms with Gasteiger partial charge in [0.15, 0.2) is 0 Å². The van der Waals surface area contributed by atoms with Gasteiger partial charge in [-0.05, 0) is 24.6 Å². The van der Waals surface area contributed by atoms with Crippen molar-refractivity contribution in [2.75, 3.05) is 0 Å². The van der Waals surface area contributed by atoms with Crippen molar-refractivity contribution >= 4 is 10.0 Å². The molecule has 0 radical (unpaired) electrons. The first kappa shape index (κ1) is 16.0. The molecule has 0 atom stereocenters. The van der Waals surface area contributed by atoms with Gasteiger partial charge in [0.25, 0.3) is 0 Å². The second-order valence-corrected chi connectivity index (χ2v) is 6.69. The van der Waals surface area contributed by atoms with Gasteiger partial charge in [-0.15, -0.1) is 0 Å². The van der Waals surface area contributed by atoms with E-state index in [1.807, 2.05) is 36.5 Å². The van der Waals surface area contributed by atoms with E-state index in [0.717, 1.165) is 22.4 Å². The van der Waals surface area contributed by atoms with E-state index < -0.39 is 10.0 Å². The molecule has 24 heavy (non-hydrogen) atoms. The zero-order chi connectivity index (χ0) is 17.2. The maximum absolute atomic E-state index is 11.4. The minimum atomic E-state index is -3.72. The molecule has 5 nitrogen and oxygen atoms in total. The summed E-state index contributed by atoms with van der Waals surface area (Å²) in [5, 5.41) is 9.65. The van der Waals surface area contributed by atoms with Gasteiger partial charge < -0.3 is 0 Å². The van der Waals surface area contributed by atoms with Crippen LogP contribution in [-0.2, 0) is 10.0 Å². The molecule has 3 rings (SSSR count). The molecule has 0 spiro atoms. The van der Waals surface area contributed by atoms with Crippen LogP contribution in [0.5, 0.6) is 0 Å². The molecule has 0 unspecified atom stereocenters. The van der Waals surface area contributed by atoms with E-state index in [2.05, 4.69) is 17.1 Å². The predicted octanol–water partition coefficient (Wildman–Crippen LogP) is 2.69. The van der Waals surface area contributed by atoms with Gasteiger partial charge in [-0.3, -0.25) is 0 Å². The second kappa shape index (κ2) is 6.32. The van der Waals surface area contributed by atoms with Gasteiger partial charge in [0.2, 0.25) is 10.0 Å². The monoisotopic (exact) mass is 337 g/mol. The molecule has 0 aliphatic heterocycles. The number of benzene rings is 2. The summed E-state index contributed by atoms with van der Waals surface area (Å²) in [6, 6.07) is 19.0. The summed E-state index contributed by atoms with van der Waals surface area (Å²) >= 11 is 0. The van der Waals surface area contributed by atoms with Gasteiger partial charge in [-0.2, -0.15) is 9.78 Å². The van der Waals surface area contributed by atoms with E-state index in [-0.39, 0.29) is 4.90 Å². The fourth-order valence-corrected chi connectivity index (χ4v) is 2.91. The van der Waals surface area contributed by atoms with Crippen LogP contribution in [-0.4, -0.2) is 18.2 Å². The molecule has 0 amide bonds. The van der Waals surface area contributed by atoms with Crippen molar-refractivity contribution < 1.29 is 8.42 Å². The maximum Gasteiger partial charge on any atom is 0.238 e. The lowest BCUT2D eigenvalue weighted by atomic mass is 10.0. The molecule has 1 heterocycles. The third kappa shape index (κ3) is 3.23. The number of aromatic nitrogens is 2. The Morgan fingerprint density at radius 2 is 1.67 bits per heavy atom. The quantitative estimate of drug-likeness (QED) is 0.746. The highest BCUT2D eigenvalue weighted by molar-refractivity contribution is 7.89. The average molecular weight is 337 g/mol. The molecule has 2 aromatic carbocycles. The predicted molar refractivity (Wildman–Crippen MR) is 93.3 cm³/mol. The highest BCUT2D eigenvalue weighted by Gasteiger charge is 2.14. The molecule has 0 saturated heterocycles. The van der Waals surface area contributed by atoms with Gasteiger partial charge >= 0.3 is 0 Å². The van der Waals surface area contributed by atoms with Crippen molar-refractivity contribution in [3.63, 3.8) is 0 Å². The minimum absolute atomic E-state index is 0.0697. The Hall–Kier alpha value is -2.88. The third-order valence-corrected chi connectivity index (χ3v) is 4.41. The van der Waals surface area contributed by atoms with E-state index in [4.69, 9.17) is 5.14 Å². The second-order valence-electron chi connectivity index (χ2n) is 5.13. The highest BCUT2D eigenvalue weighted by atomic mass is 32.2. The van der Waals surface area contributed by atoms with Crippen LogP contribution >= 0.6 is 0 Å². The summed E-state index contributed by atoms with van der Waals surface area (Å²) in [6.07, 6.45) is 1.86. The number of hydrogen-bond donors (Lipinski definition) is 1. The molecule has 3 aromatic rings. The summed E-state index contributed by atoms with van der Waals surface area (Å²) in [4.78, 5) is 0.0697. The van der Waals surface area contributed by atoms with Crippen molar-refractivity contribution in [3.05, 3.63) is 60.8 Å². The molecular formula is C18H15N3O2S. The number of rotatable bonds is 3. The van der Waals surface area contributed by atoms with Crippen molar-refractivity contribution in [2.45, 2.75) is 11.8 Å². The van der Waals surface area contributed by atoms with Gasteiger partial charge in [0.1, 0.15) is 5.69 Å². The Kier molecular flexibility index (Phi) is 4.21. The van der Waals surface area contributed by atoms with Crippen LogP contribution in [0.15, 0.2) is 65.7 Å². The van der Waals surface area contributed by atoms with Crippen LogP contribution in [0.4, 0.5) is 0 Å². The summed E-state index contributed by atoms with van der Waals surface area (Å²) in [5.41, 5.74) is 3.44. The molecule has 6 heteroatoms. The van der Waals surface area contributed by atoms with Crippen molar-refractivity contribution in [1.82, 2.24) is 9.78 Å². The maximum atomic E-state index is 11.4. The third-order valence-electron chi connectivity index (χ3n) is 3.48. The van der Waals surface area contributed by atoms with Crippen LogP contribution < -0.4 is 5.14 Å². The first-order valence-electron chi connectivity index (χ1n) is 7.20. The normalized spacial score (nSPS) is 10.9. The smallest absolute Gasteiger partial charge is 0.225 e. The lowest BCUT2D eigenvalue weighted by molar-refractivity contribution is 0.598. The molecule has 0 bridgehead atoms. The Morgan fingerprint density at radius 3 is 2.25 bits per heavy atom. The number of hydrogen-bond acceptors (Lipinski definition) is 3. The van der Waals surface area contributed by atoms with E-state index >= 15 is 0 Å². The Balaban J connectivity index is 2.14. The molecule has 0 aliphatic carbocycles. The summed E-state index contributed by atoms with van der Waals surface area (Å²) in [6.45, 7) is 1.74. The van der Waals surface area contributed by atoms with Crippen LogP contribution in [0.2, 0.25) is 0 Å². The fourth-order valence-electron chi connectivity index (χ4n) is 2.39. The number of nitrogens with zero attached hydrogens (tertiary/aromatic N) is 2.